The van der Waals surface area contributed by atoms with Crippen LogP contribution in [0, 0.1) is 13.8 Å². The molecule has 4 nitrogen and oxygen atoms in total. The lowest BCUT2D eigenvalue weighted by Gasteiger charge is -2.38. The van der Waals surface area contributed by atoms with Gasteiger partial charge in [0, 0.05) is 12.1 Å². The van der Waals surface area contributed by atoms with Gasteiger partial charge in [-0.2, -0.15) is 0 Å². The molecular formula is C13H19N3O. The average Bonchev–Trinajstić information content (AvgIpc) is 2.55. The first-order valence-corrected chi connectivity index (χ1v) is 6.42. The normalized spacial score (nSPS) is 31.9. The molecule has 0 amide bonds. The van der Waals surface area contributed by atoms with Gasteiger partial charge in [0.05, 0.1) is 23.7 Å². The second-order valence-corrected chi connectivity index (χ2v) is 5.32. The molecule has 2 bridgehead atoms. The third-order valence-electron chi connectivity index (χ3n) is 4.15. The van der Waals surface area contributed by atoms with Gasteiger partial charge in [-0.1, -0.05) is 0 Å². The van der Waals surface area contributed by atoms with Crippen molar-refractivity contribution in [1.29, 1.82) is 0 Å². The number of aryl methyl sites for hydroxylation is 2. The number of rotatable bonds is 1. The van der Waals surface area contributed by atoms with Gasteiger partial charge in [0.2, 0.25) is 0 Å². The molecule has 1 aromatic heterocycles. The van der Waals surface area contributed by atoms with Crippen LogP contribution in [0.3, 0.4) is 0 Å². The minimum Gasteiger partial charge on any atom is -0.393 e. The Morgan fingerprint density at radius 1 is 1.18 bits per heavy atom. The van der Waals surface area contributed by atoms with Gasteiger partial charge in [-0.25, -0.2) is 4.98 Å². The zero-order valence-corrected chi connectivity index (χ0v) is 10.4. The number of aliphatic hydroxyl groups is 1. The van der Waals surface area contributed by atoms with Crippen LogP contribution in [-0.4, -0.2) is 33.3 Å². The van der Waals surface area contributed by atoms with E-state index in [-0.39, 0.29) is 6.10 Å². The van der Waals surface area contributed by atoms with Crippen molar-refractivity contribution >= 4 is 5.82 Å². The number of hydrogen-bond donors (Lipinski definition) is 1. The standard InChI is InChI=1S/C13H19N3O/c1-8-9(2)15-13(7-14-8)16-10-3-4-11(16)6-12(17)5-10/h7,10-12,17H,3-6H2,1-2H3. The Morgan fingerprint density at radius 3 is 2.41 bits per heavy atom. The minimum absolute atomic E-state index is 0.122. The topological polar surface area (TPSA) is 49.2 Å². The van der Waals surface area contributed by atoms with Crippen LogP contribution < -0.4 is 4.90 Å². The highest BCUT2D eigenvalue weighted by Gasteiger charge is 2.40. The predicted octanol–water partition coefficient (Wildman–Crippen LogP) is 1.59. The first kappa shape index (κ1) is 11.0. The van der Waals surface area contributed by atoms with E-state index in [1.165, 1.54) is 12.8 Å². The summed E-state index contributed by atoms with van der Waals surface area (Å²) < 4.78 is 0. The van der Waals surface area contributed by atoms with Crippen molar-refractivity contribution in [3.05, 3.63) is 17.6 Å². The molecule has 0 saturated carbocycles. The Kier molecular flexibility index (Phi) is 2.54. The molecule has 2 aliphatic heterocycles. The van der Waals surface area contributed by atoms with E-state index < -0.39 is 0 Å². The lowest BCUT2D eigenvalue weighted by Crippen LogP contribution is -2.45. The number of nitrogens with zero attached hydrogens (tertiary/aromatic N) is 3. The SMILES string of the molecule is Cc1ncc(N2C3CCC2CC(O)C3)nc1C. The largest absolute Gasteiger partial charge is 0.393 e. The van der Waals surface area contributed by atoms with Crippen molar-refractivity contribution in [1.82, 2.24) is 9.97 Å². The van der Waals surface area contributed by atoms with Gasteiger partial charge < -0.3 is 10.0 Å². The average molecular weight is 233 g/mol. The third kappa shape index (κ3) is 1.80. The number of fused-ring (bicyclic) bond motifs is 2. The lowest BCUT2D eigenvalue weighted by molar-refractivity contribution is 0.126. The molecular weight excluding hydrogens is 214 g/mol. The Morgan fingerprint density at radius 2 is 1.82 bits per heavy atom. The number of aliphatic hydroxyl groups excluding tert-OH is 1. The Hall–Kier alpha value is -1.16. The summed E-state index contributed by atoms with van der Waals surface area (Å²) in [6, 6.07) is 0.917. The molecule has 3 heterocycles. The van der Waals surface area contributed by atoms with Gasteiger partial charge in [0.1, 0.15) is 5.82 Å². The van der Waals surface area contributed by atoms with Crippen LogP contribution in [-0.2, 0) is 0 Å². The molecule has 0 spiro atoms. The highest BCUT2D eigenvalue weighted by atomic mass is 16.3. The first-order valence-electron chi connectivity index (χ1n) is 6.42. The fourth-order valence-electron chi connectivity index (χ4n) is 3.18. The number of anilines is 1. The molecule has 0 aromatic carbocycles. The van der Waals surface area contributed by atoms with E-state index in [2.05, 4.69) is 14.9 Å². The first-order chi connectivity index (χ1) is 8.15. The molecule has 2 fully saturated rings. The van der Waals surface area contributed by atoms with Crippen LogP contribution in [0.25, 0.3) is 0 Å². The Balaban J connectivity index is 1.92. The summed E-state index contributed by atoms with van der Waals surface area (Å²) in [7, 11) is 0. The molecule has 2 aliphatic rings. The van der Waals surface area contributed by atoms with Crippen molar-refractivity contribution in [3.63, 3.8) is 0 Å². The molecule has 4 heteroatoms. The van der Waals surface area contributed by atoms with Crippen molar-refractivity contribution < 1.29 is 5.11 Å². The second-order valence-electron chi connectivity index (χ2n) is 5.32. The van der Waals surface area contributed by atoms with E-state index in [0.717, 1.165) is 30.0 Å². The maximum atomic E-state index is 9.79. The van der Waals surface area contributed by atoms with E-state index in [1.807, 2.05) is 20.0 Å². The summed E-state index contributed by atoms with van der Waals surface area (Å²) in [6.45, 7) is 3.99. The van der Waals surface area contributed by atoms with Gasteiger partial charge in [-0.05, 0) is 39.5 Å². The van der Waals surface area contributed by atoms with Gasteiger partial charge in [-0.15, -0.1) is 0 Å². The van der Waals surface area contributed by atoms with E-state index >= 15 is 0 Å². The molecule has 2 saturated heterocycles. The summed E-state index contributed by atoms with van der Waals surface area (Å²) in [4.78, 5) is 11.4. The molecule has 92 valence electrons. The molecule has 3 rings (SSSR count). The Labute approximate surface area is 102 Å². The zero-order chi connectivity index (χ0) is 12.0. The molecule has 17 heavy (non-hydrogen) atoms. The minimum atomic E-state index is -0.122. The van der Waals surface area contributed by atoms with Crippen LogP contribution in [0.1, 0.15) is 37.1 Å². The molecule has 0 aliphatic carbocycles. The van der Waals surface area contributed by atoms with E-state index in [0.29, 0.717) is 12.1 Å². The number of hydrogen-bond acceptors (Lipinski definition) is 4. The summed E-state index contributed by atoms with van der Waals surface area (Å²) in [5.74, 6) is 0.993. The lowest BCUT2D eigenvalue weighted by atomic mass is 10.00. The molecule has 1 N–H and O–H groups in total. The fraction of sp³-hybridized carbons (Fsp3) is 0.692. The van der Waals surface area contributed by atoms with Gasteiger partial charge in [0.25, 0.3) is 0 Å². The van der Waals surface area contributed by atoms with Crippen molar-refractivity contribution in [3.8, 4) is 0 Å². The van der Waals surface area contributed by atoms with Crippen LogP contribution >= 0.6 is 0 Å². The summed E-state index contributed by atoms with van der Waals surface area (Å²) >= 11 is 0. The summed E-state index contributed by atoms with van der Waals surface area (Å²) in [6.07, 6.45) is 5.87. The maximum absolute atomic E-state index is 9.79. The monoisotopic (exact) mass is 233 g/mol. The highest BCUT2D eigenvalue weighted by Crippen LogP contribution is 2.38. The quantitative estimate of drug-likeness (QED) is 0.800. The molecule has 0 radical (unpaired) electrons. The molecule has 1 aromatic rings. The van der Waals surface area contributed by atoms with Crippen molar-refractivity contribution in [2.45, 2.75) is 57.7 Å². The van der Waals surface area contributed by atoms with E-state index in [9.17, 15) is 5.11 Å². The third-order valence-corrected chi connectivity index (χ3v) is 4.15. The van der Waals surface area contributed by atoms with Gasteiger partial charge in [-0.3, -0.25) is 4.98 Å². The van der Waals surface area contributed by atoms with Crippen molar-refractivity contribution in [2.75, 3.05) is 4.90 Å². The number of aromatic nitrogens is 2. The predicted molar refractivity (Wildman–Crippen MR) is 66.0 cm³/mol. The van der Waals surface area contributed by atoms with Crippen LogP contribution in [0.5, 0.6) is 0 Å². The zero-order valence-electron chi connectivity index (χ0n) is 10.4. The highest BCUT2D eigenvalue weighted by molar-refractivity contribution is 5.43. The molecule has 2 atom stereocenters. The fourth-order valence-corrected chi connectivity index (χ4v) is 3.18. The summed E-state index contributed by atoms with van der Waals surface area (Å²) in [5.41, 5.74) is 2.01. The van der Waals surface area contributed by atoms with E-state index in [1.54, 1.807) is 0 Å². The van der Waals surface area contributed by atoms with Crippen LogP contribution in [0.4, 0.5) is 5.82 Å². The van der Waals surface area contributed by atoms with E-state index in [4.69, 9.17) is 0 Å². The second kappa shape index (κ2) is 3.95. The van der Waals surface area contributed by atoms with Crippen LogP contribution in [0.15, 0.2) is 6.20 Å². The smallest absolute Gasteiger partial charge is 0.147 e. The summed E-state index contributed by atoms with van der Waals surface area (Å²) in [5, 5.41) is 9.79. The molecule has 2 unspecified atom stereocenters. The Bertz CT molecular complexity index is 421. The van der Waals surface area contributed by atoms with Gasteiger partial charge >= 0.3 is 0 Å². The number of piperidine rings is 1. The maximum Gasteiger partial charge on any atom is 0.147 e. The van der Waals surface area contributed by atoms with Crippen molar-refractivity contribution in [2.24, 2.45) is 0 Å². The van der Waals surface area contributed by atoms with Crippen LogP contribution in [0.2, 0.25) is 0 Å². The van der Waals surface area contributed by atoms with Gasteiger partial charge in [0.15, 0.2) is 0 Å².